The summed E-state index contributed by atoms with van der Waals surface area (Å²) in [6, 6.07) is 9.89. The van der Waals surface area contributed by atoms with Crippen molar-refractivity contribution in [2.45, 2.75) is 37.8 Å². The van der Waals surface area contributed by atoms with Crippen LogP contribution in [-0.2, 0) is 6.54 Å². The maximum Gasteiger partial charge on any atom is 0.317 e. The zero-order valence-electron chi connectivity index (χ0n) is 15.5. The third-order valence-corrected chi connectivity index (χ3v) is 5.14. The number of nitrogens with zero attached hydrogens (tertiary/aromatic N) is 6. The number of rotatable bonds is 6. The molecule has 4 rings (SSSR count). The van der Waals surface area contributed by atoms with Crippen LogP contribution in [0.5, 0.6) is 0 Å². The van der Waals surface area contributed by atoms with E-state index in [0.29, 0.717) is 19.6 Å². The number of aryl methyl sites for hydroxylation is 1. The van der Waals surface area contributed by atoms with Crippen molar-refractivity contribution < 1.29 is 9.32 Å². The van der Waals surface area contributed by atoms with Gasteiger partial charge in [-0.1, -0.05) is 35.5 Å². The van der Waals surface area contributed by atoms with Gasteiger partial charge in [-0.05, 0) is 24.8 Å². The number of hydrogen-bond acceptors (Lipinski definition) is 6. The first kappa shape index (κ1) is 18.1. The van der Waals surface area contributed by atoms with Gasteiger partial charge in [-0.2, -0.15) is 10.1 Å². The van der Waals surface area contributed by atoms with Crippen molar-refractivity contribution in [1.29, 1.82) is 0 Å². The number of amides is 2. The van der Waals surface area contributed by atoms with E-state index in [9.17, 15) is 4.79 Å². The number of aromatic nitrogens is 5. The number of nitrogens with one attached hydrogen (secondary N) is 1. The molecule has 0 saturated carbocycles. The molecule has 28 heavy (non-hydrogen) atoms. The predicted molar refractivity (Wildman–Crippen MR) is 100 cm³/mol. The summed E-state index contributed by atoms with van der Waals surface area (Å²) in [5, 5.41) is 11.3. The van der Waals surface area contributed by atoms with Gasteiger partial charge in [0.15, 0.2) is 5.82 Å². The molecular formula is C19H23N7O2. The fourth-order valence-electron chi connectivity index (χ4n) is 3.56. The summed E-state index contributed by atoms with van der Waals surface area (Å²) >= 11 is 0. The minimum atomic E-state index is -0.0900. The summed E-state index contributed by atoms with van der Waals surface area (Å²) in [5.74, 6) is 0.982. The molecule has 1 unspecified atom stereocenters. The first-order chi connectivity index (χ1) is 13.8. The number of carbonyl (C=O) groups is 1. The molecule has 1 aromatic carbocycles. The van der Waals surface area contributed by atoms with Gasteiger partial charge in [0.05, 0.1) is 6.04 Å². The van der Waals surface area contributed by atoms with E-state index >= 15 is 0 Å². The second kappa shape index (κ2) is 8.64. The van der Waals surface area contributed by atoms with Gasteiger partial charge in [0.1, 0.15) is 12.7 Å². The quantitative estimate of drug-likeness (QED) is 0.703. The molecule has 1 atom stereocenters. The van der Waals surface area contributed by atoms with Crippen LogP contribution in [0.2, 0.25) is 0 Å². The van der Waals surface area contributed by atoms with Crippen LogP contribution >= 0.6 is 0 Å². The number of piperidine rings is 1. The number of urea groups is 1. The normalized spacial score (nSPS) is 16.1. The molecule has 9 nitrogen and oxygen atoms in total. The molecular weight excluding hydrogens is 358 g/mol. The minimum Gasteiger partial charge on any atom is -0.343 e. The van der Waals surface area contributed by atoms with E-state index in [1.54, 1.807) is 11.0 Å². The third-order valence-electron chi connectivity index (χ3n) is 5.14. The van der Waals surface area contributed by atoms with Crippen molar-refractivity contribution in [3.63, 3.8) is 0 Å². The number of benzene rings is 1. The van der Waals surface area contributed by atoms with Gasteiger partial charge in [0.2, 0.25) is 6.39 Å². The van der Waals surface area contributed by atoms with Crippen LogP contribution in [0, 0.1) is 0 Å². The van der Waals surface area contributed by atoms with E-state index in [-0.39, 0.29) is 18.0 Å². The Bertz CT molecular complexity index is 844. The topological polar surface area (TPSA) is 102 Å². The highest BCUT2D eigenvalue weighted by Crippen LogP contribution is 2.26. The maximum atomic E-state index is 12.9. The Balaban J connectivity index is 1.36. The molecule has 1 N–H and O–H groups in total. The largest absolute Gasteiger partial charge is 0.343 e. The third kappa shape index (κ3) is 4.36. The van der Waals surface area contributed by atoms with Gasteiger partial charge < -0.3 is 14.7 Å². The molecule has 2 aromatic heterocycles. The zero-order chi connectivity index (χ0) is 19.2. The number of likely N-dealkylation sites (tertiary alicyclic amines) is 1. The first-order valence-corrected chi connectivity index (χ1v) is 9.48. The molecule has 1 saturated heterocycles. The van der Waals surface area contributed by atoms with Crippen molar-refractivity contribution in [2.24, 2.45) is 0 Å². The first-order valence-electron chi connectivity index (χ1n) is 9.48. The van der Waals surface area contributed by atoms with E-state index in [4.69, 9.17) is 4.52 Å². The van der Waals surface area contributed by atoms with Gasteiger partial charge in [-0.3, -0.25) is 4.68 Å². The molecule has 1 aliphatic heterocycles. The Morgan fingerprint density at radius 3 is 2.75 bits per heavy atom. The summed E-state index contributed by atoms with van der Waals surface area (Å²) in [6.45, 7) is 2.03. The lowest BCUT2D eigenvalue weighted by atomic mass is 9.96. The molecule has 1 aliphatic rings. The Morgan fingerprint density at radius 1 is 1.25 bits per heavy atom. The fraction of sp³-hybridized carbons (Fsp3) is 0.421. The van der Waals surface area contributed by atoms with Gasteiger partial charge in [0, 0.05) is 25.6 Å². The Kier molecular flexibility index (Phi) is 5.60. The lowest BCUT2D eigenvalue weighted by Crippen LogP contribution is -2.45. The van der Waals surface area contributed by atoms with Crippen molar-refractivity contribution in [3.05, 3.63) is 60.8 Å². The van der Waals surface area contributed by atoms with Gasteiger partial charge in [-0.15, -0.1) is 0 Å². The summed E-state index contributed by atoms with van der Waals surface area (Å²) in [5.41, 5.74) is 1.08. The van der Waals surface area contributed by atoms with E-state index in [0.717, 1.165) is 30.7 Å². The van der Waals surface area contributed by atoms with Crippen LogP contribution in [0.1, 0.15) is 42.6 Å². The van der Waals surface area contributed by atoms with Gasteiger partial charge >= 0.3 is 6.03 Å². The molecule has 1 fully saturated rings. The number of hydrogen-bond donors (Lipinski definition) is 1. The van der Waals surface area contributed by atoms with Crippen LogP contribution < -0.4 is 5.32 Å². The molecule has 0 spiro atoms. The molecule has 0 bridgehead atoms. The Morgan fingerprint density at radius 2 is 2.07 bits per heavy atom. The van der Waals surface area contributed by atoms with Crippen LogP contribution in [0.15, 0.2) is 53.9 Å². The molecule has 146 valence electrons. The highest BCUT2D eigenvalue weighted by Gasteiger charge is 2.27. The monoisotopic (exact) mass is 381 g/mol. The number of carbonyl (C=O) groups excluding carboxylic acids is 1. The lowest BCUT2D eigenvalue weighted by Gasteiger charge is -2.32. The molecule has 3 aromatic rings. The van der Waals surface area contributed by atoms with Crippen LogP contribution in [0.4, 0.5) is 4.79 Å². The second-order valence-electron chi connectivity index (χ2n) is 6.91. The van der Waals surface area contributed by atoms with E-state index < -0.39 is 0 Å². The lowest BCUT2D eigenvalue weighted by molar-refractivity contribution is 0.175. The average molecular weight is 381 g/mol. The van der Waals surface area contributed by atoms with Crippen LogP contribution in [0.3, 0.4) is 0 Å². The van der Waals surface area contributed by atoms with E-state index in [1.165, 1.54) is 12.7 Å². The Labute approximate surface area is 162 Å². The summed E-state index contributed by atoms with van der Waals surface area (Å²) in [4.78, 5) is 22.8. The molecule has 2 amide bonds. The van der Waals surface area contributed by atoms with Crippen LogP contribution in [-0.4, -0.2) is 48.9 Å². The van der Waals surface area contributed by atoms with Gasteiger partial charge in [0.25, 0.3) is 0 Å². The standard InChI is InChI=1S/C19H23N7O2/c27-19(25-9-6-16(7-10-25)18-21-14-28-24-18)23-17(15-4-2-1-3-5-15)8-11-26-13-20-12-22-26/h1-5,12-14,16-17H,6-11H2,(H,23,27). The van der Waals surface area contributed by atoms with Crippen molar-refractivity contribution >= 4 is 6.03 Å². The average Bonchev–Trinajstić information content (AvgIpc) is 3.46. The highest BCUT2D eigenvalue weighted by molar-refractivity contribution is 5.74. The zero-order valence-corrected chi connectivity index (χ0v) is 15.5. The highest BCUT2D eigenvalue weighted by atomic mass is 16.5. The maximum absolute atomic E-state index is 12.9. The summed E-state index contributed by atoms with van der Waals surface area (Å²) in [6.07, 6.45) is 6.97. The van der Waals surface area contributed by atoms with Crippen molar-refractivity contribution in [2.75, 3.05) is 13.1 Å². The smallest absolute Gasteiger partial charge is 0.317 e. The van der Waals surface area contributed by atoms with Crippen LogP contribution in [0.25, 0.3) is 0 Å². The summed E-state index contributed by atoms with van der Waals surface area (Å²) in [7, 11) is 0. The van der Waals surface area contributed by atoms with E-state index in [2.05, 4.69) is 25.5 Å². The second-order valence-corrected chi connectivity index (χ2v) is 6.91. The molecule has 0 radical (unpaired) electrons. The SMILES string of the molecule is O=C(NC(CCn1cncn1)c1ccccc1)N1CCC(c2ncon2)CC1. The van der Waals surface area contributed by atoms with Crippen molar-refractivity contribution in [1.82, 2.24) is 35.1 Å². The molecule has 9 heteroatoms. The molecule has 3 heterocycles. The van der Waals surface area contributed by atoms with Gasteiger partial charge in [-0.25, -0.2) is 9.78 Å². The predicted octanol–water partition coefficient (Wildman–Crippen LogP) is 2.38. The minimum absolute atomic E-state index is 0.0426. The fourth-order valence-corrected chi connectivity index (χ4v) is 3.56. The summed E-state index contributed by atoms with van der Waals surface area (Å²) < 4.78 is 6.61. The Hall–Kier alpha value is -3.23. The molecule has 0 aliphatic carbocycles. The van der Waals surface area contributed by atoms with E-state index in [1.807, 2.05) is 35.2 Å². The van der Waals surface area contributed by atoms with Crippen molar-refractivity contribution in [3.8, 4) is 0 Å².